The molecule has 8 heteroatoms. The van der Waals surface area contributed by atoms with Gasteiger partial charge in [0.05, 0.1) is 0 Å². The highest BCUT2D eigenvalue weighted by Gasteiger charge is 2.50. The number of aliphatic carboxylic acids is 1. The summed E-state index contributed by atoms with van der Waals surface area (Å²) < 4.78 is 5.08. The zero-order valence-electron chi connectivity index (χ0n) is 7.48. The summed E-state index contributed by atoms with van der Waals surface area (Å²) >= 11 is 1.05. The van der Waals surface area contributed by atoms with Crippen LogP contribution in [0, 0.1) is 0 Å². The van der Waals surface area contributed by atoms with Gasteiger partial charge in [0.15, 0.2) is 11.3 Å². The molecule has 0 amide bonds. The quantitative estimate of drug-likeness (QED) is 0.411. The third-order valence-corrected chi connectivity index (χ3v) is 3.30. The monoisotopic (exact) mass is 234 g/mol. The summed E-state index contributed by atoms with van der Waals surface area (Å²) in [6, 6.07) is -0.694. The van der Waals surface area contributed by atoms with Gasteiger partial charge in [-0.25, -0.2) is 4.79 Å². The summed E-state index contributed by atoms with van der Waals surface area (Å²) in [5, 5.41) is 28.0. The number of nitrogens with zero attached hydrogens (tertiary/aromatic N) is 1. The molecular formula is C7H10N2O5S. The van der Waals surface area contributed by atoms with E-state index in [1.165, 1.54) is 0 Å². The van der Waals surface area contributed by atoms with Gasteiger partial charge >= 0.3 is 5.97 Å². The van der Waals surface area contributed by atoms with Crippen molar-refractivity contribution in [2.45, 2.75) is 29.8 Å². The lowest BCUT2D eigenvalue weighted by Gasteiger charge is -2.35. The molecule has 0 unspecified atom stereocenters. The third kappa shape index (κ3) is 1.69. The number of hydrogen-bond donors (Lipinski definition) is 4. The topological polar surface area (TPSA) is 125 Å². The minimum atomic E-state index is -1.49. The van der Waals surface area contributed by atoms with E-state index in [1.54, 1.807) is 0 Å². The maximum Gasteiger partial charge on any atom is 0.335 e. The molecule has 0 radical (unpaired) electrons. The molecule has 0 aromatic carbocycles. The predicted octanol–water partition coefficient (Wildman–Crippen LogP) is -2.05. The molecule has 5 atom stereocenters. The van der Waals surface area contributed by atoms with Gasteiger partial charge in [0, 0.05) is 0 Å². The van der Waals surface area contributed by atoms with Crippen molar-refractivity contribution in [3.63, 3.8) is 0 Å². The molecule has 2 heterocycles. The van der Waals surface area contributed by atoms with E-state index in [0.29, 0.717) is 0 Å². The third-order valence-electron chi connectivity index (χ3n) is 2.33. The Morgan fingerprint density at radius 3 is 2.73 bits per heavy atom. The fourth-order valence-electron chi connectivity index (χ4n) is 1.58. The van der Waals surface area contributed by atoms with Crippen molar-refractivity contribution in [2.24, 2.45) is 10.7 Å². The largest absolute Gasteiger partial charge is 0.479 e. The fourth-order valence-corrected chi connectivity index (χ4v) is 2.54. The van der Waals surface area contributed by atoms with Crippen molar-refractivity contribution in [3.05, 3.63) is 0 Å². The number of carbonyl (C=O) groups is 1. The molecule has 0 bridgehead atoms. The zero-order valence-corrected chi connectivity index (χ0v) is 8.29. The Hall–Kier alpha value is -0.830. The summed E-state index contributed by atoms with van der Waals surface area (Å²) in [7, 11) is 0. The van der Waals surface area contributed by atoms with Crippen molar-refractivity contribution >= 4 is 22.9 Å². The lowest BCUT2D eigenvalue weighted by Crippen LogP contribution is -2.57. The summed E-state index contributed by atoms with van der Waals surface area (Å²) in [4.78, 5) is 14.6. The van der Waals surface area contributed by atoms with Crippen LogP contribution < -0.4 is 5.73 Å². The second kappa shape index (κ2) is 3.63. The van der Waals surface area contributed by atoms with Crippen LogP contribution in [0.15, 0.2) is 4.99 Å². The number of ether oxygens (including phenoxy) is 1. The first-order chi connectivity index (χ1) is 7.00. The van der Waals surface area contributed by atoms with Crippen molar-refractivity contribution in [2.75, 3.05) is 0 Å². The number of carboxylic acids is 1. The van der Waals surface area contributed by atoms with Gasteiger partial charge in [0.1, 0.15) is 23.7 Å². The molecule has 1 fully saturated rings. The van der Waals surface area contributed by atoms with Crippen LogP contribution in [0.3, 0.4) is 0 Å². The Morgan fingerprint density at radius 2 is 2.13 bits per heavy atom. The van der Waals surface area contributed by atoms with Crippen LogP contribution in [0.2, 0.25) is 0 Å². The number of carboxylic acid groups (broad SMARTS) is 1. The molecule has 2 aliphatic heterocycles. The molecule has 0 aromatic rings. The van der Waals surface area contributed by atoms with Crippen molar-refractivity contribution in [1.29, 1.82) is 0 Å². The SMILES string of the molecule is NC1=N[C@@H]2[C@@H](O)[C@H](O)[C@@H](C(=O)O)O[C@@H]2S1. The molecule has 0 spiro atoms. The number of thioether (sulfide) groups is 1. The zero-order chi connectivity index (χ0) is 11.2. The van der Waals surface area contributed by atoms with Crippen molar-refractivity contribution in [3.8, 4) is 0 Å². The summed E-state index contributed by atoms with van der Waals surface area (Å²) in [6.45, 7) is 0. The lowest BCUT2D eigenvalue weighted by atomic mass is 9.98. The van der Waals surface area contributed by atoms with E-state index in [9.17, 15) is 15.0 Å². The minimum absolute atomic E-state index is 0.224. The van der Waals surface area contributed by atoms with E-state index in [4.69, 9.17) is 15.6 Å². The average Bonchev–Trinajstić information content (AvgIpc) is 2.52. The normalized spacial score (nSPS) is 44.7. The van der Waals surface area contributed by atoms with Crippen LogP contribution in [0.1, 0.15) is 0 Å². The summed E-state index contributed by atoms with van der Waals surface area (Å²) in [5.41, 5.74) is 4.78. The first kappa shape index (κ1) is 10.7. The molecule has 84 valence electrons. The number of aliphatic imine (C=N–C) groups is 1. The first-order valence-corrected chi connectivity index (χ1v) is 5.13. The van der Waals surface area contributed by atoms with E-state index >= 15 is 0 Å². The van der Waals surface area contributed by atoms with Gasteiger partial charge in [-0.15, -0.1) is 0 Å². The molecule has 0 aliphatic carbocycles. The van der Waals surface area contributed by atoms with Crippen molar-refractivity contribution in [1.82, 2.24) is 0 Å². The summed E-state index contributed by atoms with van der Waals surface area (Å²) in [5.74, 6) is -1.31. The highest BCUT2D eigenvalue weighted by Crippen LogP contribution is 2.35. The number of nitrogens with two attached hydrogens (primary N) is 1. The highest BCUT2D eigenvalue weighted by molar-refractivity contribution is 8.14. The standard InChI is InChI=1S/C7H10N2O5S/c8-7-9-1-2(10)3(11)4(5(12)13)14-6(1)15-7/h1-4,6,10-11H,(H2,8,9)(H,12,13)/t1-,2-,3+,4+,6-/m1/s1. The molecule has 7 nitrogen and oxygen atoms in total. The van der Waals surface area contributed by atoms with Crippen LogP contribution in [0.5, 0.6) is 0 Å². The molecule has 5 N–H and O–H groups in total. The summed E-state index contributed by atoms with van der Waals surface area (Å²) in [6.07, 6.45) is -4.19. The molecule has 2 aliphatic rings. The van der Waals surface area contributed by atoms with Crippen LogP contribution >= 0.6 is 11.8 Å². The van der Waals surface area contributed by atoms with Gasteiger partial charge in [-0.2, -0.15) is 0 Å². The van der Waals surface area contributed by atoms with Crippen LogP contribution in [0.4, 0.5) is 0 Å². The Morgan fingerprint density at radius 1 is 1.47 bits per heavy atom. The predicted molar refractivity (Wildman–Crippen MR) is 51.3 cm³/mol. The number of rotatable bonds is 1. The molecule has 0 aromatic heterocycles. The maximum atomic E-state index is 10.7. The molecule has 0 saturated carbocycles. The van der Waals surface area contributed by atoms with E-state index in [2.05, 4.69) is 4.99 Å². The number of hydrogen-bond acceptors (Lipinski definition) is 7. The van der Waals surface area contributed by atoms with Crippen molar-refractivity contribution < 1.29 is 24.9 Å². The molecule has 15 heavy (non-hydrogen) atoms. The molecule has 1 saturated heterocycles. The highest BCUT2D eigenvalue weighted by atomic mass is 32.2. The number of aliphatic hydroxyl groups is 2. The number of fused-ring (bicyclic) bond motifs is 1. The lowest BCUT2D eigenvalue weighted by molar-refractivity contribution is -0.184. The van der Waals surface area contributed by atoms with E-state index in [0.717, 1.165) is 11.8 Å². The Labute approximate surface area is 88.9 Å². The van der Waals surface area contributed by atoms with E-state index < -0.39 is 35.8 Å². The fraction of sp³-hybridized carbons (Fsp3) is 0.714. The van der Waals surface area contributed by atoms with E-state index in [1.807, 2.05) is 0 Å². The maximum absolute atomic E-state index is 10.7. The minimum Gasteiger partial charge on any atom is -0.479 e. The van der Waals surface area contributed by atoms with Gasteiger partial charge < -0.3 is 25.8 Å². The van der Waals surface area contributed by atoms with Gasteiger partial charge in [-0.05, 0) is 0 Å². The van der Waals surface area contributed by atoms with Crippen LogP contribution in [-0.4, -0.2) is 56.2 Å². The van der Waals surface area contributed by atoms with Crippen LogP contribution in [0.25, 0.3) is 0 Å². The van der Waals surface area contributed by atoms with Gasteiger partial charge in [0.25, 0.3) is 0 Å². The smallest absolute Gasteiger partial charge is 0.335 e. The van der Waals surface area contributed by atoms with Gasteiger partial charge in [0.2, 0.25) is 0 Å². The Kier molecular flexibility index (Phi) is 2.59. The second-order valence-electron chi connectivity index (χ2n) is 3.32. The van der Waals surface area contributed by atoms with Gasteiger partial charge in [-0.3, -0.25) is 4.99 Å². The second-order valence-corrected chi connectivity index (χ2v) is 4.44. The first-order valence-electron chi connectivity index (χ1n) is 4.25. The van der Waals surface area contributed by atoms with Crippen LogP contribution in [-0.2, 0) is 9.53 Å². The Bertz CT molecular complexity index is 323. The number of amidine groups is 1. The van der Waals surface area contributed by atoms with Gasteiger partial charge in [-0.1, -0.05) is 11.8 Å². The molecule has 2 rings (SSSR count). The average molecular weight is 234 g/mol. The Balaban J connectivity index is 2.19. The molecular weight excluding hydrogens is 224 g/mol. The van der Waals surface area contributed by atoms with E-state index in [-0.39, 0.29) is 5.17 Å². The number of aliphatic hydroxyl groups excluding tert-OH is 2.